The van der Waals surface area contributed by atoms with Gasteiger partial charge in [-0.1, -0.05) is 5.16 Å². The van der Waals surface area contributed by atoms with Crippen molar-refractivity contribution in [2.24, 2.45) is 0 Å². The van der Waals surface area contributed by atoms with Crippen molar-refractivity contribution in [1.82, 2.24) is 15.5 Å². The Kier molecular flexibility index (Phi) is 4.39. The van der Waals surface area contributed by atoms with E-state index in [0.717, 1.165) is 23.7 Å². The molecule has 116 valence electrons. The first-order chi connectivity index (χ1) is 10.1. The van der Waals surface area contributed by atoms with Crippen molar-refractivity contribution < 1.29 is 18.1 Å². The summed E-state index contributed by atoms with van der Waals surface area (Å²) >= 11 is 3.39. The average Bonchev–Trinajstić information content (AvgIpc) is 2.93. The van der Waals surface area contributed by atoms with Crippen LogP contribution in [0.5, 0.6) is 0 Å². The van der Waals surface area contributed by atoms with Crippen LogP contribution in [0.4, 0.5) is 8.78 Å². The van der Waals surface area contributed by atoms with Crippen LogP contribution in [0, 0.1) is 0 Å². The molecule has 5 nitrogen and oxygen atoms in total. The molecule has 1 amide bonds. The first kappa shape index (κ1) is 15.1. The molecule has 1 aromatic rings. The molecule has 1 saturated carbocycles. The molecule has 0 aromatic carbocycles. The zero-order valence-electron chi connectivity index (χ0n) is 11.2. The first-order valence-electron chi connectivity index (χ1n) is 6.74. The van der Waals surface area contributed by atoms with Gasteiger partial charge in [0.25, 0.3) is 5.89 Å². The summed E-state index contributed by atoms with van der Waals surface area (Å²) < 4.78 is 29.7. The summed E-state index contributed by atoms with van der Waals surface area (Å²) in [5.74, 6) is 2.21. The Morgan fingerprint density at radius 1 is 1.43 bits per heavy atom. The van der Waals surface area contributed by atoms with E-state index in [1.165, 1.54) is 0 Å². The van der Waals surface area contributed by atoms with E-state index >= 15 is 0 Å². The zero-order valence-corrected chi connectivity index (χ0v) is 12.8. The monoisotopic (exact) mass is 335 g/mol. The number of carbonyl (C=O) groups is 1. The second kappa shape index (κ2) is 6.12. The maximum atomic E-state index is 12.6. The van der Waals surface area contributed by atoms with Crippen LogP contribution in [0.25, 0.3) is 0 Å². The lowest BCUT2D eigenvalue weighted by Crippen LogP contribution is -2.54. The Hall–Kier alpha value is -0.830. The lowest BCUT2D eigenvalue weighted by atomic mass is 9.76. The van der Waals surface area contributed by atoms with E-state index in [9.17, 15) is 13.6 Å². The molecule has 1 atom stereocenters. The molecule has 1 unspecified atom stereocenters. The fourth-order valence-corrected chi connectivity index (χ4v) is 4.97. The van der Waals surface area contributed by atoms with Crippen LogP contribution in [0.15, 0.2) is 4.52 Å². The van der Waals surface area contributed by atoms with Crippen molar-refractivity contribution in [1.29, 1.82) is 0 Å². The Morgan fingerprint density at radius 2 is 2.24 bits per heavy atom. The standard InChI is InChI=1S/C12H15F2N3O2S2/c13-8(14)10-15-11(17-19-10)12(2-1-3-12)16-9(18)7-6-20-4-5-21-7/h7-8H,1-6H2,(H,16,18). The van der Waals surface area contributed by atoms with Gasteiger partial charge in [0.15, 0.2) is 5.82 Å². The summed E-state index contributed by atoms with van der Waals surface area (Å²) in [6.07, 6.45) is -0.563. The molecule has 3 rings (SSSR count). The number of amides is 1. The van der Waals surface area contributed by atoms with Crippen molar-refractivity contribution in [2.75, 3.05) is 17.3 Å². The van der Waals surface area contributed by atoms with E-state index in [0.29, 0.717) is 12.8 Å². The highest BCUT2D eigenvalue weighted by atomic mass is 32.2. The minimum Gasteiger partial charge on any atom is -0.342 e. The predicted octanol–water partition coefficient (Wildman–Crippen LogP) is 2.35. The second-order valence-electron chi connectivity index (χ2n) is 5.12. The number of halogens is 2. The third-order valence-electron chi connectivity index (χ3n) is 3.73. The number of carbonyl (C=O) groups excluding carboxylic acids is 1. The van der Waals surface area contributed by atoms with Gasteiger partial charge in [-0.05, 0) is 19.3 Å². The molecule has 2 heterocycles. The number of rotatable bonds is 4. The minimum atomic E-state index is -2.79. The van der Waals surface area contributed by atoms with Gasteiger partial charge in [-0.3, -0.25) is 4.79 Å². The smallest absolute Gasteiger partial charge is 0.315 e. The van der Waals surface area contributed by atoms with Gasteiger partial charge in [-0.25, -0.2) is 0 Å². The summed E-state index contributed by atoms with van der Waals surface area (Å²) in [7, 11) is 0. The van der Waals surface area contributed by atoms with Crippen molar-refractivity contribution in [3.63, 3.8) is 0 Å². The quantitative estimate of drug-likeness (QED) is 0.911. The van der Waals surface area contributed by atoms with Crippen LogP contribution >= 0.6 is 23.5 Å². The Morgan fingerprint density at radius 3 is 2.76 bits per heavy atom. The molecular weight excluding hydrogens is 320 g/mol. The maximum absolute atomic E-state index is 12.6. The van der Waals surface area contributed by atoms with Crippen LogP contribution < -0.4 is 5.32 Å². The van der Waals surface area contributed by atoms with Crippen LogP contribution in [-0.4, -0.2) is 38.6 Å². The van der Waals surface area contributed by atoms with E-state index in [-0.39, 0.29) is 17.0 Å². The van der Waals surface area contributed by atoms with E-state index in [2.05, 4.69) is 20.0 Å². The zero-order chi connectivity index (χ0) is 14.9. The number of alkyl halides is 2. The third-order valence-corrected chi connectivity index (χ3v) is 6.49. The second-order valence-corrected chi connectivity index (χ2v) is 7.58. The van der Waals surface area contributed by atoms with Gasteiger partial charge in [0.2, 0.25) is 5.91 Å². The molecule has 1 aliphatic heterocycles. The van der Waals surface area contributed by atoms with Gasteiger partial charge in [-0.15, -0.1) is 11.8 Å². The molecule has 2 fully saturated rings. The molecule has 0 spiro atoms. The van der Waals surface area contributed by atoms with E-state index in [1.807, 2.05) is 0 Å². The predicted molar refractivity (Wildman–Crippen MR) is 76.5 cm³/mol. The lowest BCUT2D eigenvalue weighted by molar-refractivity contribution is -0.123. The van der Waals surface area contributed by atoms with Crippen LogP contribution in [0.3, 0.4) is 0 Å². The minimum absolute atomic E-state index is 0.0599. The SMILES string of the molecule is O=C(NC1(c2noc(C(F)F)n2)CCC1)C1CSCCS1. The van der Waals surface area contributed by atoms with Crippen molar-refractivity contribution in [2.45, 2.75) is 36.5 Å². The molecule has 2 aliphatic rings. The Labute approximate surface area is 129 Å². The van der Waals surface area contributed by atoms with Crippen LogP contribution in [0.2, 0.25) is 0 Å². The number of nitrogens with one attached hydrogen (secondary N) is 1. The molecule has 1 aliphatic carbocycles. The number of nitrogens with zero attached hydrogens (tertiary/aromatic N) is 2. The summed E-state index contributed by atoms with van der Waals surface area (Å²) in [6.45, 7) is 0. The molecule has 1 saturated heterocycles. The molecular formula is C12H15F2N3O2S2. The average molecular weight is 335 g/mol. The first-order valence-corrected chi connectivity index (χ1v) is 8.95. The van der Waals surface area contributed by atoms with E-state index in [4.69, 9.17) is 0 Å². The van der Waals surface area contributed by atoms with Crippen molar-refractivity contribution in [3.8, 4) is 0 Å². The summed E-state index contributed by atoms with van der Waals surface area (Å²) in [5.41, 5.74) is -0.726. The van der Waals surface area contributed by atoms with Gasteiger partial charge in [-0.2, -0.15) is 25.5 Å². The third kappa shape index (κ3) is 3.03. The Balaban J connectivity index is 1.72. The molecule has 1 N–H and O–H groups in total. The summed E-state index contributed by atoms with van der Waals surface area (Å²) in [6, 6.07) is 0. The highest BCUT2D eigenvalue weighted by Gasteiger charge is 2.45. The molecule has 9 heteroatoms. The molecule has 0 radical (unpaired) electrons. The van der Waals surface area contributed by atoms with Gasteiger partial charge in [0.05, 0.1) is 5.25 Å². The van der Waals surface area contributed by atoms with Crippen LogP contribution in [0.1, 0.15) is 37.4 Å². The fourth-order valence-electron chi connectivity index (χ4n) is 2.41. The number of hydrogen-bond acceptors (Lipinski definition) is 6. The van der Waals surface area contributed by atoms with Crippen molar-refractivity contribution >= 4 is 29.4 Å². The lowest BCUT2D eigenvalue weighted by Gasteiger charge is -2.40. The highest BCUT2D eigenvalue weighted by Crippen LogP contribution is 2.41. The van der Waals surface area contributed by atoms with Gasteiger partial charge in [0.1, 0.15) is 5.54 Å². The molecule has 21 heavy (non-hydrogen) atoms. The van der Waals surface area contributed by atoms with Crippen molar-refractivity contribution in [3.05, 3.63) is 11.7 Å². The summed E-state index contributed by atoms with van der Waals surface area (Å²) in [4.78, 5) is 16.1. The van der Waals surface area contributed by atoms with Gasteiger partial charge in [0, 0.05) is 17.3 Å². The van der Waals surface area contributed by atoms with Crippen LogP contribution in [-0.2, 0) is 10.3 Å². The topological polar surface area (TPSA) is 68.0 Å². The normalized spacial score (nSPS) is 24.6. The highest BCUT2D eigenvalue weighted by molar-refractivity contribution is 8.07. The van der Waals surface area contributed by atoms with Gasteiger partial charge < -0.3 is 9.84 Å². The molecule has 0 bridgehead atoms. The largest absolute Gasteiger partial charge is 0.342 e. The molecule has 1 aromatic heterocycles. The number of thioether (sulfide) groups is 2. The Bertz CT molecular complexity index is 516. The maximum Gasteiger partial charge on any atom is 0.315 e. The van der Waals surface area contributed by atoms with E-state index < -0.39 is 17.9 Å². The number of aromatic nitrogens is 2. The number of hydrogen-bond donors (Lipinski definition) is 1. The van der Waals surface area contributed by atoms with Gasteiger partial charge >= 0.3 is 6.43 Å². The van der Waals surface area contributed by atoms with E-state index in [1.54, 1.807) is 23.5 Å². The summed E-state index contributed by atoms with van der Waals surface area (Å²) in [5, 5.41) is 6.51. The fraction of sp³-hybridized carbons (Fsp3) is 0.750.